The van der Waals surface area contributed by atoms with E-state index < -0.39 is 0 Å². The predicted octanol–water partition coefficient (Wildman–Crippen LogP) is 3.71. The normalized spacial score (nSPS) is 10.8. The van der Waals surface area contributed by atoms with Crippen molar-refractivity contribution in [3.63, 3.8) is 0 Å². The molecule has 4 aromatic rings. The minimum absolute atomic E-state index is 0.116. The van der Waals surface area contributed by atoms with Crippen molar-refractivity contribution >= 4 is 28.6 Å². The van der Waals surface area contributed by atoms with Gasteiger partial charge in [-0.05, 0) is 36.4 Å². The third-order valence-corrected chi connectivity index (χ3v) is 4.50. The fourth-order valence-corrected chi connectivity index (χ4v) is 3.21. The van der Waals surface area contributed by atoms with Gasteiger partial charge in [-0.3, -0.25) is 4.79 Å². The largest absolute Gasteiger partial charge is 0.321 e. The van der Waals surface area contributed by atoms with E-state index in [2.05, 4.69) is 15.4 Å². The van der Waals surface area contributed by atoms with E-state index in [0.717, 1.165) is 21.9 Å². The molecule has 3 heterocycles. The van der Waals surface area contributed by atoms with Gasteiger partial charge in [0.05, 0.1) is 16.0 Å². The molecule has 3 aromatic heterocycles. The number of hydrogen-bond donors (Lipinski definition) is 1. The number of benzene rings is 1. The lowest BCUT2D eigenvalue weighted by Gasteiger charge is -2.02. The maximum atomic E-state index is 12.3. The summed E-state index contributed by atoms with van der Waals surface area (Å²) in [6.45, 7) is 0. The Morgan fingerprint density at radius 2 is 1.91 bits per heavy atom. The van der Waals surface area contributed by atoms with Crippen molar-refractivity contribution < 1.29 is 4.79 Å². The first-order chi connectivity index (χ1) is 11.3. The van der Waals surface area contributed by atoms with Crippen molar-refractivity contribution in [2.75, 3.05) is 5.32 Å². The first-order valence-electron chi connectivity index (χ1n) is 7.06. The van der Waals surface area contributed by atoms with Gasteiger partial charge in [0.25, 0.3) is 5.91 Å². The highest BCUT2D eigenvalue weighted by Gasteiger charge is 2.13. The summed E-state index contributed by atoms with van der Waals surface area (Å²) in [7, 11) is 0. The zero-order valence-corrected chi connectivity index (χ0v) is 12.8. The van der Waals surface area contributed by atoms with E-state index in [-0.39, 0.29) is 5.91 Å². The Bertz CT molecular complexity index is 974. The average molecular weight is 320 g/mol. The maximum Gasteiger partial charge on any atom is 0.265 e. The maximum absolute atomic E-state index is 12.3. The van der Waals surface area contributed by atoms with Gasteiger partial charge in [0.15, 0.2) is 5.65 Å². The topological polar surface area (TPSA) is 59.3 Å². The highest BCUT2D eigenvalue weighted by molar-refractivity contribution is 7.17. The van der Waals surface area contributed by atoms with Gasteiger partial charge in [-0.2, -0.15) is 5.10 Å². The number of fused-ring (bicyclic) bond motifs is 1. The number of aromatic nitrogens is 3. The Kier molecular flexibility index (Phi) is 3.36. The minimum atomic E-state index is -0.116. The van der Waals surface area contributed by atoms with Crippen LogP contribution >= 0.6 is 11.3 Å². The van der Waals surface area contributed by atoms with Crippen molar-refractivity contribution in [2.45, 2.75) is 0 Å². The number of thiophene rings is 1. The molecule has 112 valence electrons. The predicted molar refractivity (Wildman–Crippen MR) is 90.7 cm³/mol. The van der Waals surface area contributed by atoms with Gasteiger partial charge in [-0.1, -0.05) is 18.2 Å². The molecular formula is C17H12N4OS. The molecule has 0 spiro atoms. The molecule has 0 saturated heterocycles. The summed E-state index contributed by atoms with van der Waals surface area (Å²) in [5.41, 5.74) is 2.44. The summed E-state index contributed by atoms with van der Waals surface area (Å²) >= 11 is 1.42. The molecule has 1 N–H and O–H groups in total. The Balaban J connectivity index is 1.63. The fraction of sp³-hybridized carbons (Fsp3) is 0. The SMILES string of the molecule is O=C(Nc1ccccc1)c1ccc(-c2cnc3cccnn23)s1. The minimum Gasteiger partial charge on any atom is -0.321 e. The molecule has 23 heavy (non-hydrogen) atoms. The molecule has 0 unspecified atom stereocenters. The van der Waals surface area contributed by atoms with Crippen LogP contribution in [0, 0.1) is 0 Å². The van der Waals surface area contributed by atoms with Gasteiger partial charge in [0.2, 0.25) is 0 Å². The molecule has 1 aromatic carbocycles. The quantitative estimate of drug-likeness (QED) is 0.626. The fourth-order valence-electron chi connectivity index (χ4n) is 2.31. The molecule has 0 saturated carbocycles. The lowest BCUT2D eigenvalue weighted by Crippen LogP contribution is -2.09. The molecule has 0 atom stereocenters. The number of hydrogen-bond acceptors (Lipinski definition) is 4. The van der Waals surface area contributed by atoms with Crippen molar-refractivity contribution in [1.82, 2.24) is 14.6 Å². The monoisotopic (exact) mass is 320 g/mol. The summed E-state index contributed by atoms with van der Waals surface area (Å²) in [4.78, 5) is 18.2. The molecule has 0 aliphatic carbocycles. The standard InChI is InChI=1S/C17H12N4OS/c22-17(20-12-5-2-1-3-6-12)15-9-8-14(23-15)13-11-18-16-7-4-10-19-21(13)16/h1-11H,(H,20,22). The van der Waals surface area contributed by atoms with E-state index in [1.54, 1.807) is 16.9 Å². The number of carbonyl (C=O) groups is 1. The summed E-state index contributed by atoms with van der Waals surface area (Å²) in [5.74, 6) is -0.116. The lowest BCUT2D eigenvalue weighted by atomic mass is 10.3. The van der Waals surface area contributed by atoms with Crippen LogP contribution in [0.25, 0.3) is 16.2 Å². The molecule has 0 fully saturated rings. The van der Waals surface area contributed by atoms with Crippen LogP contribution in [0.1, 0.15) is 9.67 Å². The first kappa shape index (κ1) is 13.7. The third-order valence-electron chi connectivity index (χ3n) is 3.39. The molecule has 5 nitrogen and oxygen atoms in total. The molecule has 1 amide bonds. The Morgan fingerprint density at radius 1 is 1.04 bits per heavy atom. The van der Waals surface area contributed by atoms with Crippen LogP contribution in [-0.2, 0) is 0 Å². The van der Waals surface area contributed by atoms with Crippen LogP contribution in [0.4, 0.5) is 5.69 Å². The molecule has 0 aliphatic heterocycles. The second kappa shape index (κ2) is 5.66. The molecular weight excluding hydrogens is 308 g/mol. The molecule has 0 bridgehead atoms. The van der Waals surface area contributed by atoms with Gasteiger partial charge in [0.1, 0.15) is 5.69 Å². The van der Waals surface area contributed by atoms with Crippen LogP contribution in [0.2, 0.25) is 0 Å². The lowest BCUT2D eigenvalue weighted by molar-refractivity contribution is 0.103. The van der Waals surface area contributed by atoms with E-state index >= 15 is 0 Å². The van der Waals surface area contributed by atoms with Gasteiger partial charge in [-0.25, -0.2) is 9.50 Å². The number of carbonyl (C=O) groups excluding carboxylic acids is 1. The molecule has 6 heteroatoms. The van der Waals surface area contributed by atoms with E-state index in [0.29, 0.717) is 4.88 Å². The van der Waals surface area contributed by atoms with Gasteiger partial charge in [0, 0.05) is 11.9 Å². The van der Waals surface area contributed by atoms with E-state index in [9.17, 15) is 4.79 Å². The number of rotatable bonds is 3. The zero-order valence-electron chi connectivity index (χ0n) is 12.0. The summed E-state index contributed by atoms with van der Waals surface area (Å²) in [6.07, 6.45) is 3.49. The van der Waals surface area contributed by atoms with Crippen LogP contribution in [0.3, 0.4) is 0 Å². The number of amides is 1. The van der Waals surface area contributed by atoms with Gasteiger partial charge < -0.3 is 5.32 Å². The highest BCUT2D eigenvalue weighted by Crippen LogP contribution is 2.28. The van der Waals surface area contributed by atoms with Crippen molar-refractivity contribution in [3.8, 4) is 10.6 Å². The van der Waals surface area contributed by atoms with Gasteiger partial charge in [-0.15, -0.1) is 11.3 Å². The molecule has 4 rings (SSSR count). The number of imidazole rings is 1. The molecule has 0 radical (unpaired) electrons. The van der Waals surface area contributed by atoms with Crippen LogP contribution in [0.15, 0.2) is 67.0 Å². The Morgan fingerprint density at radius 3 is 2.78 bits per heavy atom. The summed E-state index contributed by atoms with van der Waals surface area (Å²) in [6, 6.07) is 16.9. The number of anilines is 1. The second-order valence-electron chi connectivity index (χ2n) is 4.92. The van der Waals surface area contributed by atoms with Crippen LogP contribution in [0.5, 0.6) is 0 Å². The summed E-state index contributed by atoms with van der Waals surface area (Å²) < 4.78 is 1.77. The van der Waals surface area contributed by atoms with Gasteiger partial charge >= 0.3 is 0 Å². The van der Waals surface area contributed by atoms with E-state index in [1.807, 2.05) is 54.6 Å². The van der Waals surface area contributed by atoms with E-state index in [1.165, 1.54) is 11.3 Å². The average Bonchev–Trinajstić information content (AvgIpc) is 3.22. The summed E-state index contributed by atoms with van der Waals surface area (Å²) in [5, 5.41) is 7.19. The van der Waals surface area contributed by atoms with Crippen LogP contribution < -0.4 is 5.32 Å². The van der Waals surface area contributed by atoms with Crippen LogP contribution in [-0.4, -0.2) is 20.5 Å². The van der Waals surface area contributed by atoms with E-state index in [4.69, 9.17) is 0 Å². The highest BCUT2D eigenvalue weighted by atomic mass is 32.1. The first-order valence-corrected chi connectivity index (χ1v) is 7.88. The second-order valence-corrected chi connectivity index (χ2v) is 6.00. The van der Waals surface area contributed by atoms with Crippen molar-refractivity contribution in [1.29, 1.82) is 0 Å². The number of nitrogens with one attached hydrogen (secondary N) is 1. The zero-order chi connectivity index (χ0) is 15.6. The van der Waals surface area contributed by atoms with Crippen molar-refractivity contribution in [2.24, 2.45) is 0 Å². The third kappa shape index (κ3) is 2.60. The van der Waals surface area contributed by atoms with Crippen molar-refractivity contribution in [3.05, 3.63) is 71.9 Å². The number of nitrogens with zero attached hydrogens (tertiary/aromatic N) is 3. The Hall–Kier alpha value is -2.99. The number of para-hydroxylation sites is 1. The smallest absolute Gasteiger partial charge is 0.265 e. The Labute approximate surface area is 136 Å². The molecule has 0 aliphatic rings.